The summed E-state index contributed by atoms with van der Waals surface area (Å²) in [6.45, 7) is -0.251. The molecule has 0 unspecified atom stereocenters. The van der Waals surface area contributed by atoms with E-state index in [0.29, 0.717) is 11.8 Å². The van der Waals surface area contributed by atoms with Gasteiger partial charge in [-0.1, -0.05) is 6.07 Å². The Morgan fingerprint density at radius 3 is 2.64 bits per heavy atom. The molecule has 1 N–H and O–H groups in total. The number of nitrogens with zero attached hydrogens (tertiary/aromatic N) is 1. The second kappa shape index (κ2) is 7.04. The molecule has 0 spiro atoms. The van der Waals surface area contributed by atoms with Crippen molar-refractivity contribution in [2.45, 2.75) is 13.2 Å². The van der Waals surface area contributed by atoms with E-state index < -0.39 is 35.5 Å². The van der Waals surface area contributed by atoms with Crippen molar-refractivity contribution in [3.8, 4) is 0 Å². The highest BCUT2D eigenvalue weighted by Crippen LogP contribution is 2.15. The number of nitrogens with one attached hydrogen (secondary N) is 1. The topological polar surface area (TPSA) is 51.2 Å². The van der Waals surface area contributed by atoms with E-state index >= 15 is 0 Å². The van der Waals surface area contributed by atoms with E-state index in [1.807, 2.05) is 0 Å². The molecule has 22 heavy (non-hydrogen) atoms. The number of aromatic nitrogens is 1. The third kappa shape index (κ3) is 3.62. The van der Waals surface area contributed by atoms with Gasteiger partial charge in [0.05, 0.1) is 12.3 Å². The standard InChI is InChI=1S/C15H13F3N2O2/c1-22-8-9-3-2-4-13(20-9)15(21)19-7-10-11(16)5-6-12(17)14(10)18/h2-6H,7-8H2,1H3,(H,19,21). The summed E-state index contributed by atoms with van der Waals surface area (Å²) in [4.78, 5) is 16.0. The van der Waals surface area contributed by atoms with Gasteiger partial charge in [0, 0.05) is 19.2 Å². The minimum Gasteiger partial charge on any atom is -0.378 e. The van der Waals surface area contributed by atoms with Crippen molar-refractivity contribution in [2.75, 3.05) is 7.11 Å². The molecule has 0 atom stereocenters. The monoisotopic (exact) mass is 310 g/mol. The molecular formula is C15H13F3N2O2. The highest BCUT2D eigenvalue weighted by molar-refractivity contribution is 5.92. The zero-order chi connectivity index (χ0) is 16.1. The van der Waals surface area contributed by atoms with Crippen LogP contribution in [0, 0.1) is 17.5 Å². The molecule has 7 heteroatoms. The van der Waals surface area contributed by atoms with Gasteiger partial charge in [0.1, 0.15) is 11.5 Å². The van der Waals surface area contributed by atoms with Gasteiger partial charge in [-0.05, 0) is 24.3 Å². The van der Waals surface area contributed by atoms with E-state index in [4.69, 9.17) is 4.74 Å². The Hall–Kier alpha value is -2.41. The summed E-state index contributed by atoms with van der Waals surface area (Å²) in [6, 6.07) is 6.22. The van der Waals surface area contributed by atoms with E-state index in [0.717, 1.165) is 6.07 Å². The van der Waals surface area contributed by atoms with Crippen LogP contribution in [-0.4, -0.2) is 18.0 Å². The molecular weight excluding hydrogens is 297 g/mol. The van der Waals surface area contributed by atoms with E-state index in [1.165, 1.54) is 13.2 Å². The number of hydrogen-bond donors (Lipinski definition) is 1. The van der Waals surface area contributed by atoms with Gasteiger partial charge >= 0.3 is 0 Å². The van der Waals surface area contributed by atoms with Gasteiger partial charge in [0.25, 0.3) is 5.91 Å². The number of rotatable bonds is 5. The number of ether oxygens (including phenoxy) is 1. The number of methoxy groups -OCH3 is 1. The van der Waals surface area contributed by atoms with Crippen molar-refractivity contribution in [2.24, 2.45) is 0 Å². The lowest BCUT2D eigenvalue weighted by molar-refractivity contribution is 0.0944. The Morgan fingerprint density at radius 2 is 1.91 bits per heavy atom. The first-order valence-electron chi connectivity index (χ1n) is 6.38. The van der Waals surface area contributed by atoms with Crippen molar-refractivity contribution >= 4 is 5.91 Å². The molecule has 2 aromatic rings. The molecule has 0 fully saturated rings. The summed E-state index contributed by atoms with van der Waals surface area (Å²) in [6.07, 6.45) is 0. The molecule has 1 aromatic heterocycles. The van der Waals surface area contributed by atoms with Gasteiger partial charge in [-0.15, -0.1) is 0 Å². The van der Waals surface area contributed by atoms with Crippen LogP contribution in [0.25, 0.3) is 0 Å². The molecule has 0 saturated carbocycles. The first-order chi connectivity index (χ1) is 10.5. The van der Waals surface area contributed by atoms with Crippen LogP contribution in [0.4, 0.5) is 13.2 Å². The number of amides is 1. The van der Waals surface area contributed by atoms with Crippen molar-refractivity contribution < 1.29 is 22.7 Å². The molecule has 0 saturated heterocycles. The zero-order valence-corrected chi connectivity index (χ0v) is 11.7. The first-order valence-corrected chi connectivity index (χ1v) is 6.38. The lowest BCUT2D eigenvalue weighted by Crippen LogP contribution is -2.25. The van der Waals surface area contributed by atoms with Gasteiger partial charge in [0.15, 0.2) is 11.6 Å². The van der Waals surface area contributed by atoms with Crippen molar-refractivity contribution in [1.29, 1.82) is 0 Å². The average Bonchev–Trinajstić information content (AvgIpc) is 2.51. The van der Waals surface area contributed by atoms with Crippen LogP contribution in [0.1, 0.15) is 21.7 Å². The normalized spacial score (nSPS) is 10.5. The second-order valence-corrected chi connectivity index (χ2v) is 4.45. The smallest absolute Gasteiger partial charge is 0.270 e. The molecule has 116 valence electrons. The number of benzene rings is 1. The number of hydrogen-bond acceptors (Lipinski definition) is 3. The van der Waals surface area contributed by atoms with Crippen LogP contribution in [0.3, 0.4) is 0 Å². The fraction of sp³-hybridized carbons (Fsp3) is 0.200. The molecule has 0 aliphatic carbocycles. The van der Waals surface area contributed by atoms with Crippen LogP contribution in [0.2, 0.25) is 0 Å². The maximum absolute atomic E-state index is 13.5. The summed E-state index contributed by atoms with van der Waals surface area (Å²) in [5.41, 5.74) is 0.0754. The summed E-state index contributed by atoms with van der Waals surface area (Å²) in [5.74, 6) is -4.05. The van der Waals surface area contributed by atoms with Crippen molar-refractivity contribution in [3.05, 3.63) is 64.7 Å². The maximum Gasteiger partial charge on any atom is 0.270 e. The molecule has 0 bridgehead atoms. The van der Waals surface area contributed by atoms with Crippen LogP contribution in [0.5, 0.6) is 0 Å². The largest absolute Gasteiger partial charge is 0.378 e. The van der Waals surface area contributed by atoms with Gasteiger partial charge in [-0.25, -0.2) is 18.2 Å². The summed E-state index contributed by atoms with van der Waals surface area (Å²) in [7, 11) is 1.49. The van der Waals surface area contributed by atoms with Crippen molar-refractivity contribution in [1.82, 2.24) is 10.3 Å². The van der Waals surface area contributed by atoms with Crippen LogP contribution >= 0.6 is 0 Å². The SMILES string of the molecule is COCc1cccc(C(=O)NCc2c(F)ccc(F)c2F)n1. The minimum absolute atomic E-state index is 0.0757. The molecule has 0 aliphatic heterocycles. The molecule has 1 amide bonds. The van der Waals surface area contributed by atoms with E-state index in [1.54, 1.807) is 12.1 Å². The Morgan fingerprint density at radius 1 is 1.18 bits per heavy atom. The van der Waals surface area contributed by atoms with Gasteiger partial charge in [-0.2, -0.15) is 0 Å². The Bertz CT molecular complexity index is 692. The Kier molecular flexibility index (Phi) is 5.11. The molecule has 4 nitrogen and oxygen atoms in total. The van der Waals surface area contributed by atoms with Gasteiger partial charge < -0.3 is 10.1 Å². The van der Waals surface area contributed by atoms with Gasteiger partial charge in [-0.3, -0.25) is 4.79 Å². The molecule has 0 radical (unpaired) electrons. The third-order valence-corrected chi connectivity index (χ3v) is 2.90. The highest BCUT2D eigenvalue weighted by atomic mass is 19.2. The van der Waals surface area contributed by atoms with Crippen LogP contribution in [0.15, 0.2) is 30.3 Å². The second-order valence-electron chi connectivity index (χ2n) is 4.45. The molecule has 2 rings (SSSR count). The number of pyridine rings is 1. The number of carbonyl (C=O) groups excluding carboxylic acids is 1. The number of halogens is 3. The number of carbonyl (C=O) groups is 1. The van der Waals surface area contributed by atoms with Crippen LogP contribution in [-0.2, 0) is 17.9 Å². The average molecular weight is 310 g/mol. The van der Waals surface area contributed by atoms with Gasteiger partial charge in [0.2, 0.25) is 0 Å². The summed E-state index contributed by atoms with van der Waals surface area (Å²) >= 11 is 0. The van der Waals surface area contributed by atoms with E-state index in [9.17, 15) is 18.0 Å². The quantitative estimate of drug-likeness (QED) is 0.864. The Balaban J connectivity index is 2.10. The zero-order valence-electron chi connectivity index (χ0n) is 11.7. The Labute approximate surface area is 124 Å². The first kappa shape index (κ1) is 16.0. The molecule has 1 heterocycles. The fourth-order valence-corrected chi connectivity index (χ4v) is 1.82. The lowest BCUT2D eigenvalue weighted by atomic mass is 10.2. The van der Waals surface area contributed by atoms with Crippen LogP contribution < -0.4 is 5.32 Å². The fourth-order valence-electron chi connectivity index (χ4n) is 1.82. The van der Waals surface area contributed by atoms with E-state index in [-0.39, 0.29) is 12.3 Å². The predicted octanol–water partition coefficient (Wildman–Crippen LogP) is 2.58. The summed E-state index contributed by atoms with van der Waals surface area (Å²) < 4.78 is 44.9. The molecule has 1 aromatic carbocycles. The molecule has 0 aliphatic rings. The lowest BCUT2D eigenvalue weighted by Gasteiger charge is -2.08. The summed E-state index contributed by atoms with van der Waals surface area (Å²) in [5, 5.41) is 2.30. The maximum atomic E-state index is 13.5. The third-order valence-electron chi connectivity index (χ3n) is 2.90. The van der Waals surface area contributed by atoms with E-state index in [2.05, 4.69) is 10.3 Å². The minimum atomic E-state index is -1.32. The van der Waals surface area contributed by atoms with Crippen molar-refractivity contribution in [3.63, 3.8) is 0 Å². The highest BCUT2D eigenvalue weighted by Gasteiger charge is 2.15. The predicted molar refractivity (Wildman–Crippen MR) is 72.4 cm³/mol.